The number of thioether (sulfide) groups is 1. The average Bonchev–Trinajstić information content (AvgIpc) is 2.74. The molecule has 0 spiro atoms. The van der Waals surface area contributed by atoms with Crippen LogP contribution in [0.4, 0.5) is 5.69 Å². The SMILES string of the molecule is CSc1ccc(/C=C(\NC(=O)c2ccccc2)C(=O)Nc2cccc(Br)c2)cc1. The van der Waals surface area contributed by atoms with E-state index in [1.807, 2.05) is 48.7 Å². The highest BCUT2D eigenvalue weighted by Crippen LogP contribution is 2.18. The summed E-state index contributed by atoms with van der Waals surface area (Å²) in [6.45, 7) is 0. The van der Waals surface area contributed by atoms with Crippen molar-refractivity contribution in [2.45, 2.75) is 4.90 Å². The Balaban J connectivity index is 1.88. The molecule has 6 heteroatoms. The molecule has 146 valence electrons. The summed E-state index contributed by atoms with van der Waals surface area (Å²) >= 11 is 5.03. The number of nitrogens with one attached hydrogen (secondary N) is 2. The minimum absolute atomic E-state index is 0.163. The van der Waals surface area contributed by atoms with Crippen LogP contribution < -0.4 is 10.6 Å². The van der Waals surface area contributed by atoms with E-state index in [4.69, 9.17) is 0 Å². The van der Waals surface area contributed by atoms with Gasteiger partial charge in [0, 0.05) is 20.6 Å². The maximum absolute atomic E-state index is 12.9. The van der Waals surface area contributed by atoms with E-state index in [1.54, 1.807) is 54.2 Å². The van der Waals surface area contributed by atoms with Crippen molar-refractivity contribution in [3.63, 3.8) is 0 Å². The Labute approximate surface area is 182 Å². The third-order valence-electron chi connectivity index (χ3n) is 4.04. The average molecular weight is 467 g/mol. The van der Waals surface area contributed by atoms with Gasteiger partial charge in [0.1, 0.15) is 5.70 Å². The second-order valence-corrected chi connectivity index (χ2v) is 7.91. The number of anilines is 1. The summed E-state index contributed by atoms with van der Waals surface area (Å²) in [5, 5.41) is 5.56. The van der Waals surface area contributed by atoms with Gasteiger partial charge in [0.2, 0.25) is 0 Å². The third-order valence-corrected chi connectivity index (χ3v) is 5.27. The van der Waals surface area contributed by atoms with E-state index >= 15 is 0 Å². The van der Waals surface area contributed by atoms with Crippen LogP contribution in [-0.2, 0) is 4.79 Å². The van der Waals surface area contributed by atoms with E-state index in [2.05, 4.69) is 26.6 Å². The van der Waals surface area contributed by atoms with Gasteiger partial charge >= 0.3 is 0 Å². The first kappa shape index (κ1) is 20.9. The van der Waals surface area contributed by atoms with Gasteiger partial charge in [-0.15, -0.1) is 11.8 Å². The molecular weight excluding hydrogens is 448 g/mol. The van der Waals surface area contributed by atoms with Gasteiger partial charge in [-0.1, -0.05) is 52.3 Å². The molecule has 0 bridgehead atoms. The molecule has 0 aliphatic heterocycles. The molecule has 0 saturated heterocycles. The van der Waals surface area contributed by atoms with Gasteiger partial charge in [-0.3, -0.25) is 9.59 Å². The van der Waals surface area contributed by atoms with E-state index in [-0.39, 0.29) is 11.6 Å². The number of benzene rings is 3. The lowest BCUT2D eigenvalue weighted by molar-refractivity contribution is -0.113. The Morgan fingerprint density at radius 2 is 1.66 bits per heavy atom. The fraction of sp³-hybridized carbons (Fsp3) is 0.0435. The van der Waals surface area contributed by atoms with E-state index in [1.165, 1.54) is 0 Å². The summed E-state index contributed by atoms with van der Waals surface area (Å²) < 4.78 is 0.849. The molecule has 0 unspecified atom stereocenters. The molecule has 0 radical (unpaired) electrons. The van der Waals surface area contributed by atoms with E-state index in [0.717, 1.165) is 14.9 Å². The normalized spacial score (nSPS) is 11.0. The monoisotopic (exact) mass is 466 g/mol. The van der Waals surface area contributed by atoms with Crippen molar-refractivity contribution in [2.24, 2.45) is 0 Å². The van der Waals surface area contributed by atoms with Crippen LogP contribution in [0.5, 0.6) is 0 Å². The van der Waals surface area contributed by atoms with Crippen LogP contribution in [0.15, 0.2) is 93.9 Å². The van der Waals surface area contributed by atoms with Crippen LogP contribution >= 0.6 is 27.7 Å². The Morgan fingerprint density at radius 1 is 0.931 bits per heavy atom. The Morgan fingerprint density at radius 3 is 2.31 bits per heavy atom. The number of halogens is 1. The van der Waals surface area contributed by atoms with Crippen molar-refractivity contribution < 1.29 is 9.59 Å². The molecule has 29 heavy (non-hydrogen) atoms. The third kappa shape index (κ3) is 6.07. The molecule has 0 aliphatic carbocycles. The predicted octanol–water partition coefficient (Wildman–Crippen LogP) is 5.58. The highest BCUT2D eigenvalue weighted by atomic mass is 79.9. The number of carbonyl (C=O) groups excluding carboxylic acids is 2. The maximum atomic E-state index is 12.9. The van der Waals surface area contributed by atoms with E-state index in [0.29, 0.717) is 11.3 Å². The predicted molar refractivity (Wildman–Crippen MR) is 123 cm³/mol. The smallest absolute Gasteiger partial charge is 0.272 e. The molecule has 0 aliphatic rings. The van der Waals surface area contributed by atoms with E-state index in [9.17, 15) is 9.59 Å². The van der Waals surface area contributed by atoms with Gasteiger partial charge in [-0.2, -0.15) is 0 Å². The zero-order chi connectivity index (χ0) is 20.6. The van der Waals surface area contributed by atoms with Crippen molar-refractivity contribution in [1.29, 1.82) is 0 Å². The maximum Gasteiger partial charge on any atom is 0.272 e. The van der Waals surface area contributed by atoms with Crippen molar-refractivity contribution in [1.82, 2.24) is 5.32 Å². The largest absolute Gasteiger partial charge is 0.321 e. The summed E-state index contributed by atoms with van der Waals surface area (Å²) in [6, 6.07) is 23.8. The lowest BCUT2D eigenvalue weighted by Gasteiger charge is -2.12. The van der Waals surface area contributed by atoms with Crippen LogP contribution in [0.3, 0.4) is 0 Å². The Bertz CT molecular complexity index is 1030. The number of hydrogen-bond donors (Lipinski definition) is 2. The molecule has 0 atom stereocenters. The van der Waals surface area contributed by atoms with Crippen molar-refractivity contribution >= 4 is 51.3 Å². The van der Waals surface area contributed by atoms with Gasteiger partial charge in [-0.05, 0) is 60.4 Å². The first-order chi connectivity index (χ1) is 14.0. The number of carbonyl (C=O) groups is 2. The van der Waals surface area contributed by atoms with Crippen LogP contribution in [0.1, 0.15) is 15.9 Å². The number of hydrogen-bond acceptors (Lipinski definition) is 3. The molecule has 2 amide bonds. The van der Waals surface area contributed by atoms with Gasteiger partial charge in [0.25, 0.3) is 11.8 Å². The molecule has 0 saturated carbocycles. The summed E-state index contributed by atoms with van der Waals surface area (Å²) in [7, 11) is 0. The van der Waals surface area contributed by atoms with Crippen molar-refractivity contribution in [2.75, 3.05) is 11.6 Å². The molecule has 3 rings (SSSR count). The van der Waals surface area contributed by atoms with Gasteiger partial charge in [-0.25, -0.2) is 0 Å². The highest BCUT2D eigenvalue weighted by molar-refractivity contribution is 9.10. The van der Waals surface area contributed by atoms with Crippen molar-refractivity contribution in [3.8, 4) is 0 Å². The fourth-order valence-corrected chi connectivity index (χ4v) is 3.38. The number of amides is 2. The van der Waals surface area contributed by atoms with Crippen LogP contribution in [-0.4, -0.2) is 18.1 Å². The molecule has 0 heterocycles. The standard InChI is InChI=1S/C23H19BrN2O2S/c1-29-20-12-10-16(11-13-20)14-21(26-22(27)17-6-3-2-4-7-17)23(28)25-19-9-5-8-18(24)15-19/h2-15H,1H3,(H,25,28)(H,26,27)/b21-14-. The van der Waals surface area contributed by atoms with Crippen LogP contribution in [0, 0.1) is 0 Å². The second-order valence-electron chi connectivity index (χ2n) is 6.12. The zero-order valence-electron chi connectivity index (χ0n) is 15.7. The first-order valence-corrected chi connectivity index (χ1v) is 10.9. The van der Waals surface area contributed by atoms with Crippen LogP contribution in [0.2, 0.25) is 0 Å². The zero-order valence-corrected chi connectivity index (χ0v) is 18.1. The molecule has 2 N–H and O–H groups in total. The summed E-state index contributed by atoms with van der Waals surface area (Å²) in [4.78, 5) is 26.6. The Kier molecular flexibility index (Phi) is 7.27. The Hall–Kier alpha value is -2.83. The lowest BCUT2D eigenvalue weighted by Crippen LogP contribution is -2.30. The number of rotatable bonds is 6. The summed E-state index contributed by atoms with van der Waals surface area (Å²) in [5.74, 6) is -0.747. The van der Waals surface area contributed by atoms with Gasteiger partial charge in [0.05, 0.1) is 0 Å². The van der Waals surface area contributed by atoms with E-state index < -0.39 is 5.91 Å². The first-order valence-electron chi connectivity index (χ1n) is 8.84. The van der Waals surface area contributed by atoms with Crippen molar-refractivity contribution in [3.05, 3.63) is 100 Å². The lowest BCUT2D eigenvalue weighted by atomic mass is 10.1. The highest BCUT2D eigenvalue weighted by Gasteiger charge is 2.15. The molecular formula is C23H19BrN2O2S. The van der Waals surface area contributed by atoms with Crippen LogP contribution in [0.25, 0.3) is 6.08 Å². The molecule has 4 nitrogen and oxygen atoms in total. The molecule has 3 aromatic carbocycles. The molecule has 3 aromatic rings. The molecule has 0 fully saturated rings. The summed E-state index contributed by atoms with van der Waals surface area (Å²) in [6.07, 6.45) is 3.67. The minimum Gasteiger partial charge on any atom is -0.321 e. The quantitative estimate of drug-likeness (QED) is 0.368. The minimum atomic E-state index is -0.402. The topological polar surface area (TPSA) is 58.2 Å². The fourth-order valence-electron chi connectivity index (χ4n) is 2.57. The summed E-state index contributed by atoms with van der Waals surface area (Å²) in [5.41, 5.74) is 2.08. The van der Waals surface area contributed by atoms with Gasteiger partial charge < -0.3 is 10.6 Å². The molecule has 0 aromatic heterocycles. The van der Waals surface area contributed by atoms with Gasteiger partial charge in [0.15, 0.2) is 0 Å². The second kappa shape index (κ2) is 10.1.